The fraction of sp³-hybridized carbons (Fsp3) is 0.417. The second-order valence-electron chi connectivity index (χ2n) is 3.34. The normalized spacial score (nSPS) is 10.0. The van der Waals surface area contributed by atoms with Gasteiger partial charge in [0.2, 0.25) is 0 Å². The van der Waals surface area contributed by atoms with Crippen LogP contribution < -0.4 is 9.47 Å². The topological polar surface area (TPSA) is 44.8 Å². The van der Waals surface area contributed by atoms with Crippen molar-refractivity contribution in [1.82, 2.24) is 0 Å². The van der Waals surface area contributed by atoms with Crippen molar-refractivity contribution in [3.63, 3.8) is 0 Å². The van der Waals surface area contributed by atoms with E-state index in [1.165, 1.54) is 13.2 Å². The van der Waals surface area contributed by atoms with Crippen LogP contribution in [0.3, 0.4) is 0 Å². The van der Waals surface area contributed by atoms with Crippen molar-refractivity contribution < 1.29 is 23.4 Å². The Bertz CT molecular complexity index is 423. The summed E-state index contributed by atoms with van der Waals surface area (Å²) in [6.45, 7) is 1.59. The molecule has 0 spiro atoms. The van der Waals surface area contributed by atoms with E-state index in [1.807, 2.05) is 0 Å². The molecule has 0 N–H and O–H groups in total. The predicted octanol–water partition coefficient (Wildman–Crippen LogP) is 2.67. The fourth-order valence-corrected chi connectivity index (χ4v) is 1.65. The molecular weight excluding hydrogens is 307 g/mol. The number of methoxy groups -OCH3 is 1. The van der Waals surface area contributed by atoms with Gasteiger partial charge in [-0.25, -0.2) is 9.18 Å². The Hall–Kier alpha value is -1.30. The van der Waals surface area contributed by atoms with Gasteiger partial charge in [-0.05, 0) is 24.6 Å². The van der Waals surface area contributed by atoms with Gasteiger partial charge in [-0.1, -0.05) is 15.9 Å². The highest BCUT2D eigenvalue weighted by molar-refractivity contribution is 9.08. The number of hydrogen-bond donors (Lipinski definition) is 0. The van der Waals surface area contributed by atoms with Gasteiger partial charge in [0.25, 0.3) is 0 Å². The smallest absolute Gasteiger partial charge is 0.344 e. The van der Waals surface area contributed by atoms with Gasteiger partial charge < -0.3 is 14.2 Å². The molecule has 0 heterocycles. The fourth-order valence-electron chi connectivity index (χ4n) is 1.32. The van der Waals surface area contributed by atoms with Crippen LogP contribution >= 0.6 is 15.9 Å². The maximum Gasteiger partial charge on any atom is 0.344 e. The van der Waals surface area contributed by atoms with Crippen LogP contribution in [0.25, 0.3) is 0 Å². The van der Waals surface area contributed by atoms with Gasteiger partial charge in [0.15, 0.2) is 23.9 Å². The predicted molar refractivity (Wildman–Crippen MR) is 67.7 cm³/mol. The van der Waals surface area contributed by atoms with Crippen LogP contribution in [0.4, 0.5) is 4.39 Å². The number of hydrogen-bond acceptors (Lipinski definition) is 4. The highest BCUT2D eigenvalue weighted by Crippen LogP contribution is 2.32. The van der Waals surface area contributed by atoms with Crippen molar-refractivity contribution >= 4 is 21.9 Å². The molecule has 100 valence electrons. The molecule has 0 aliphatic heterocycles. The lowest BCUT2D eigenvalue weighted by Gasteiger charge is -2.12. The molecule has 1 rings (SSSR count). The van der Waals surface area contributed by atoms with Crippen molar-refractivity contribution in [2.75, 3.05) is 20.3 Å². The number of carbonyl (C=O) groups excluding carboxylic acids is 1. The molecule has 4 nitrogen and oxygen atoms in total. The lowest BCUT2D eigenvalue weighted by atomic mass is 10.2. The minimum absolute atomic E-state index is 0.0877. The number of benzene rings is 1. The van der Waals surface area contributed by atoms with E-state index >= 15 is 0 Å². The van der Waals surface area contributed by atoms with Gasteiger partial charge in [0, 0.05) is 5.33 Å². The monoisotopic (exact) mass is 320 g/mol. The average Bonchev–Trinajstić information content (AvgIpc) is 2.36. The summed E-state index contributed by atoms with van der Waals surface area (Å²) in [5.74, 6) is -0.972. The molecule has 0 unspecified atom stereocenters. The van der Waals surface area contributed by atoms with E-state index in [0.29, 0.717) is 10.9 Å². The summed E-state index contributed by atoms with van der Waals surface area (Å²) in [6, 6.07) is 2.95. The van der Waals surface area contributed by atoms with Gasteiger partial charge >= 0.3 is 5.97 Å². The van der Waals surface area contributed by atoms with Crippen molar-refractivity contribution in [2.45, 2.75) is 12.3 Å². The first-order chi connectivity index (χ1) is 8.62. The summed E-state index contributed by atoms with van der Waals surface area (Å²) in [5.41, 5.74) is 0.716. The number of esters is 1. The molecule has 0 radical (unpaired) electrons. The van der Waals surface area contributed by atoms with Crippen molar-refractivity contribution in [3.8, 4) is 11.5 Å². The van der Waals surface area contributed by atoms with Crippen molar-refractivity contribution in [3.05, 3.63) is 23.5 Å². The molecule has 0 atom stereocenters. The van der Waals surface area contributed by atoms with E-state index in [1.54, 1.807) is 13.0 Å². The number of halogens is 2. The van der Waals surface area contributed by atoms with Gasteiger partial charge in [0.1, 0.15) is 0 Å². The third-order valence-electron chi connectivity index (χ3n) is 2.08. The summed E-state index contributed by atoms with van der Waals surface area (Å²) in [5, 5.41) is 0.498. The molecule has 0 aromatic heterocycles. The summed E-state index contributed by atoms with van der Waals surface area (Å²) >= 11 is 3.23. The minimum atomic E-state index is -0.576. The SMILES string of the molecule is CCOC(=O)COc1c(F)cc(CBr)cc1OC. The zero-order valence-electron chi connectivity index (χ0n) is 10.2. The van der Waals surface area contributed by atoms with Gasteiger partial charge in [-0.15, -0.1) is 0 Å². The molecule has 0 saturated heterocycles. The summed E-state index contributed by atoms with van der Waals surface area (Å²) < 4.78 is 28.5. The van der Waals surface area contributed by atoms with Crippen molar-refractivity contribution in [2.24, 2.45) is 0 Å². The van der Waals surface area contributed by atoms with Crippen LogP contribution in [-0.4, -0.2) is 26.3 Å². The number of alkyl halides is 1. The zero-order valence-corrected chi connectivity index (χ0v) is 11.8. The Morgan fingerprint density at radius 2 is 2.17 bits per heavy atom. The maximum absolute atomic E-state index is 13.7. The van der Waals surface area contributed by atoms with Crippen LogP contribution in [0.1, 0.15) is 12.5 Å². The maximum atomic E-state index is 13.7. The molecule has 0 fully saturated rings. The highest BCUT2D eigenvalue weighted by Gasteiger charge is 2.15. The van der Waals surface area contributed by atoms with Crippen LogP contribution in [-0.2, 0) is 14.9 Å². The molecule has 18 heavy (non-hydrogen) atoms. The first kappa shape index (κ1) is 14.8. The Balaban J connectivity index is 2.84. The second-order valence-corrected chi connectivity index (χ2v) is 3.90. The van der Waals surface area contributed by atoms with Gasteiger partial charge in [-0.3, -0.25) is 0 Å². The molecule has 0 aliphatic carbocycles. The number of rotatable bonds is 6. The Kier molecular flexibility index (Phi) is 5.91. The molecule has 6 heteroatoms. The van der Waals surface area contributed by atoms with Crippen molar-refractivity contribution in [1.29, 1.82) is 0 Å². The van der Waals surface area contributed by atoms with E-state index in [9.17, 15) is 9.18 Å². The molecule has 1 aromatic carbocycles. The molecule has 0 bridgehead atoms. The molecule has 1 aromatic rings. The van der Waals surface area contributed by atoms with E-state index in [0.717, 1.165) is 0 Å². The largest absolute Gasteiger partial charge is 0.493 e. The van der Waals surface area contributed by atoms with E-state index in [4.69, 9.17) is 9.47 Å². The standard InChI is InChI=1S/C12H14BrFO4/c1-3-17-11(15)7-18-12-9(14)4-8(6-13)5-10(12)16-2/h4-5H,3,6-7H2,1-2H3. The Morgan fingerprint density at radius 3 is 2.72 bits per heavy atom. The van der Waals surface area contributed by atoms with E-state index < -0.39 is 11.8 Å². The third-order valence-corrected chi connectivity index (χ3v) is 2.73. The Labute approximate surface area is 113 Å². The average molecular weight is 321 g/mol. The molecular formula is C12H14BrFO4. The third kappa shape index (κ3) is 3.87. The lowest BCUT2D eigenvalue weighted by molar-refractivity contribution is -0.145. The quantitative estimate of drug-likeness (QED) is 0.597. The lowest BCUT2D eigenvalue weighted by Crippen LogP contribution is -2.15. The molecule has 0 saturated carbocycles. The summed E-state index contributed by atoms with van der Waals surface area (Å²) in [7, 11) is 1.41. The first-order valence-corrected chi connectivity index (χ1v) is 6.45. The van der Waals surface area contributed by atoms with Crippen LogP contribution in [0.5, 0.6) is 11.5 Å². The second kappa shape index (κ2) is 7.20. The van der Waals surface area contributed by atoms with Crippen LogP contribution in [0.15, 0.2) is 12.1 Å². The highest BCUT2D eigenvalue weighted by atomic mass is 79.9. The molecule has 0 aliphatic rings. The number of ether oxygens (including phenoxy) is 3. The summed E-state index contributed by atoms with van der Waals surface area (Å²) in [4.78, 5) is 11.1. The van der Waals surface area contributed by atoms with E-state index in [-0.39, 0.29) is 24.7 Å². The number of carbonyl (C=O) groups is 1. The van der Waals surface area contributed by atoms with Gasteiger partial charge in [0.05, 0.1) is 13.7 Å². The first-order valence-electron chi connectivity index (χ1n) is 5.33. The van der Waals surface area contributed by atoms with Crippen LogP contribution in [0.2, 0.25) is 0 Å². The summed E-state index contributed by atoms with van der Waals surface area (Å²) in [6.07, 6.45) is 0. The molecule has 0 amide bonds. The van der Waals surface area contributed by atoms with Crippen LogP contribution in [0, 0.1) is 5.82 Å². The van der Waals surface area contributed by atoms with Gasteiger partial charge in [-0.2, -0.15) is 0 Å². The Morgan fingerprint density at radius 1 is 1.44 bits per heavy atom. The zero-order chi connectivity index (χ0) is 13.5. The minimum Gasteiger partial charge on any atom is -0.493 e. The van der Waals surface area contributed by atoms with E-state index in [2.05, 4.69) is 20.7 Å².